The minimum absolute atomic E-state index is 0.108. The molecule has 0 bridgehead atoms. The number of carboxylic acids is 2. The molecule has 4 N–H and O–H groups in total. The molecule has 34 heavy (non-hydrogen) atoms. The molecule has 10 nitrogen and oxygen atoms in total. The standard InChI is InChI=1S/C20H32N4O2.2C2H4O2/c1-23(2)18-8-16-12-24(13-17(16)9-19(18)26-3)20(25)15-7-14(5-4-6-21)10-22-11-15;2*1-2(3)4/h7,10-11,16-19H,4-6,8-9,12-13,21H2,1-3H3;2*1H3,(H,3,4)/t16-,17+,18-,19-;;/m1../s1. The molecule has 0 aromatic carbocycles. The first-order valence-corrected chi connectivity index (χ1v) is 11.5. The van der Waals surface area contributed by atoms with Crippen LogP contribution in [-0.4, -0.2) is 95.8 Å². The van der Waals surface area contributed by atoms with Crippen molar-refractivity contribution in [1.82, 2.24) is 14.8 Å². The third-order valence-corrected chi connectivity index (χ3v) is 6.05. The molecule has 1 aromatic heterocycles. The molecular weight excluding hydrogens is 440 g/mol. The van der Waals surface area contributed by atoms with Gasteiger partial charge in [-0.15, -0.1) is 0 Å². The van der Waals surface area contributed by atoms with E-state index in [9.17, 15) is 4.79 Å². The molecule has 1 saturated carbocycles. The van der Waals surface area contributed by atoms with E-state index in [1.807, 2.05) is 17.2 Å². The maximum atomic E-state index is 13.0. The van der Waals surface area contributed by atoms with Crippen molar-refractivity contribution in [3.8, 4) is 0 Å². The number of hydrogen-bond donors (Lipinski definition) is 3. The number of methoxy groups -OCH3 is 1. The lowest BCUT2D eigenvalue weighted by Gasteiger charge is -2.40. The molecule has 1 saturated heterocycles. The molecule has 1 amide bonds. The van der Waals surface area contributed by atoms with Gasteiger partial charge >= 0.3 is 0 Å². The Bertz CT molecular complexity index is 783. The third-order valence-electron chi connectivity index (χ3n) is 6.05. The van der Waals surface area contributed by atoms with Crippen LogP contribution in [0.25, 0.3) is 0 Å². The Labute approximate surface area is 202 Å². The minimum atomic E-state index is -0.833. The number of aromatic nitrogens is 1. The second kappa shape index (κ2) is 14.6. The monoisotopic (exact) mass is 480 g/mol. The summed E-state index contributed by atoms with van der Waals surface area (Å²) in [6, 6.07) is 2.41. The zero-order valence-corrected chi connectivity index (χ0v) is 20.9. The predicted octanol–water partition coefficient (Wildman–Crippen LogP) is 1.58. The van der Waals surface area contributed by atoms with Gasteiger partial charge < -0.3 is 30.5 Å². The van der Waals surface area contributed by atoms with Gasteiger partial charge in [0.25, 0.3) is 17.8 Å². The highest BCUT2D eigenvalue weighted by atomic mass is 16.5. The van der Waals surface area contributed by atoms with Crippen LogP contribution in [0.4, 0.5) is 0 Å². The minimum Gasteiger partial charge on any atom is -0.481 e. The van der Waals surface area contributed by atoms with Gasteiger partial charge in [0, 0.05) is 52.5 Å². The molecule has 3 rings (SSSR count). The van der Waals surface area contributed by atoms with E-state index in [1.165, 1.54) is 0 Å². The van der Waals surface area contributed by atoms with Crippen LogP contribution in [0, 0.1) is 11.8 Å². The summed E-state index contributed by atoms with van der Waals surface area (Å²) in [7, 11) is 6.04. The number of aliphatic carboxylic acids is 2. The number of pyridine rings is 1. The lowest BCUT2D eigenvalue weighted by atomic mass is 9.77. The summed E-state index contributed by atoms with van der Waals surface area (Å²) >= 11 is 0. The van der Waals surface area contributed by atoms with Gasteiger partial charge in [-0.05, 0) is 69.8 Å². The molecule has 1 aromatic rings. The van der Waals surface area contributed by atoms with Gasteiger partial charge in [-0.1, -0.05) is 0 Å². The van der Waals surface area contributed by atoms with Gasteiger partial charge in [-0.25, -0.2) is 0 Å². The number of fused-ring (bicyclic) bond motifs is 1. The van der Waals surface area contributed by atoms with Crippen molar-refractivity contribution >= 4 is 17.8 Å². The average molecular weight is 481 g/mol. The number of carbonyl (C=O) groups excluding carboxylic acids is 1. The summed E-state index contributed by atoms with van der Waals surface area (Å²) in [6.45, 7) is 4.50. The van der Waals surface area contributed by atoms with E-state index < -0.39 is 11.9 Å². The topological polar surface area (TPSA) is 146 Å². The fourth-order valence-electron chi connectivity index (χ4n) is 4.58. The summed E-state index contributed by atoms with van der Waals surface area (Å²) in [5, 5.41) is 14.8. The molecule has 2 fully saturated rings. The summed E-state index contributed by atoms with van der Waals surface area (Å²) < 4.78 is 5.74. The van der Waals surface area contributed by atoms with E-state index >= 15 is 0 Å². The zero-order valence-electron chi connectivity index (χ0n) is 20.9. The van der Waals surface area contributed by atoms with E-state index in [4.69, 9.17) is 30.3 Å². The van der Waals surface area contributed by atoms with E-state index in [2.05, 4.69) is 24.0 Å². The van der Waals surface area contributed by atoms with Crippen molar-refractivity contribution in [2.45, 2.75) is 51.7 Å². The highest BCUT2D eigenvalue weighted by Crippen LogP contribution is 2.39. The SMILES string of the molecule is CC(=O)O.CC(=O)O.CO[C@@H]1C[C@H]2CN(C(=O)c3cncc(CCCN)c3)C[C@H]2C[C@H]1N(C)C. The number of hydrogen-bond acceptors (Lipinski definition) is 7. The summed E-state index contributed by atoms with van der Waals surface area (Å²) in [6.07, 6.45) is 7.69. The fourth-order valence-corrected chi connectivity index (χ4v) is 4.58. The molecule has 1 aliphatic heterocycles. The Morgan fingerprint density at radius 1 is 1.12 bits per heavy atom. The first-order chi connectivity index (χ1) is 16.0. The molecule has 2 aliphatic rings. The normalized spacial score (nSPS) is 23.2. The largest absolute Gasteiger partial charge is 0.481 e. The maximum Gasteiger partial charge on any atom is 0.300 e. The van der Waals surface area contributed by atoms with Crippen molar-refractivity contribution in [3.63, 3.8) is 0 Å². The van der Waals surface area contributed by atoms with Crippen LogP contribution in [0.2, 0.25) is 0 Å². The third kappa shape index (κ3) is 9.74. The number of likely N-dealkylation sites (N-methyl/N-ethyl adjacent to an activating group) is 1. The number of ether oxygens (including phenoxy) is 1. The summed E-state index contributed by atoms with van der Waals surface area (Å²) in [5.41, 5.74) is 7.37. The van der Waals surface area contributed by atoms with Gasteiger partial charge in [0.15, 0.2) is 0 Å². The van der Waals surface area contributed by atoms with Crippen LogP contribution in [0.5, 0.6) is 0 Å². The van der Waals surface area contributed by atoms with E-state index in [-0.39, 0.29) is 12.0 Å². The number of rotatable bonds is 6. The van der Waals surface area contributed by atoms with E-state index in [1.54, 1.807) is 13.3 Å². The zero-order chi connectivity index (χ0) is 25.8. The van der Waals surface area contributed by atoms with Gasteiger partial charge in [0.2, 0.25) is 0 Å². The van der Waals surface area contributed by atoms with Gasteiger partial charge in [0.05, 0.1) is 11.7 Å². The Morgan fingerprint density at radius 3 is 2.18 bits per heavy atom. The molecule has 10 heteroatoms. The Balaban J connectivity index is 0.000000629. The number of nitrogens with zero attached hydrogens (tertiary/aromatic N) is 3. The number of nitrogens with two attached hydrogens (primary N) is 1. The van der Waals surface area contributed by atoms with Gasteiger partial charge in [-0.2, -0.15) is 0 Å². The first-order valence-electron chi connectivity index (χ1n) is 11.5. The number of aryl methyl sites for hydroxylation is 1. The van der Waals surface area contributed by atoms with Gasteiger partial charge in [-0.3, -0.25) is 19.4 Å². The number of carboxylic acid groups (broad SMARTS) is 2. The highest BCUT2D eigenvalue weighted by Gasteiger charge is 2.44. The quantitative estimate of drug-likeness (QED) is 0.552. The Hall–Kier alpha value is -2.56. The van der Waals surface area contributed by atoms with Crippen LogP contribution < -0.4 is 5.73 Å². The molecule has 0 unspecified atom stereocenters. The summed E-state index contributed by atoms with van der Waals surface area (Å²) in [5.74, 6) is -0.462. The number of likely N-dealkylation sites (tertiary alicyclic amines) is 1. The molecule has 4 atom stereocenters. The fraction of sp³-hybridized carbons (Fsp3) is 0.667. The molecule has 0 spiro atoms. The maximum absolute atomic E-state index is 13.0. The van der Waals surface area contributed by atoms with Crippen LogP contribution in [-0.2, 0) is 20.7 Å². The van der Waals surface area contributed by atoms with Crippen molar-refractivity contribution in [3.05, 3.63) is 29.6 Å². The lowest BCUT2D eigenvalue weighted by molar-refractivity contribution is -0.135. The smallest absolute Gasteiger partial charge is 0.300 e. The lowest BCUT2D eigenvalue weighted by Crippen LogP contribution is -2.47. The second-order valence-electron chi connectivity index (χ2n) is 9.02. The molecule has 2 heterocycles. The van der Waals surface area contributed by atoms with Crippen molar-refractivity contribution in [1.29, 1.82) is 0 Å². The van der Waals surface area contributed by atoms with Crippen LogP contribution in [0.1, 0.15) is 49.0 Å². The highest BCUT2D eigenvalue weighted by molar-refractivity contribution is 5.94. The van der Waals surface area contributed by atoms with E-state index in [0.29, 0.717) is 30.0 Å². The Kier molecular flexibility index (Phi) is 12.7. The average Bonchev–Trinajstić information content (AvgIpc) is 3.18. The van der Waals surface area contributed by atoms with E-state index in [0.717, 1.165) is 58.2 Å². The Morgan fingerprint density at radius 2 is 1.68 bits per heavy atom. The number of amides is 1. The van der Waals surface area contributed by atoms with Crippen LogP contribution >= 0.6 is 0 Å². The second-order valence-corrected chi connectivity index (χ2v) is 9.02. The van der Waals surface area contributed by atoms with Gasteiger partial charge in [0.1, 0.15) is 0 Å². The summed E-state index contributed by atoms with van der Waals surface area (Å²) in [4.78, 5) is 39.5. The molecular formula is C24H40N4O6. The predicted molar refractivity (Wildman–Crippen MR) is 129 cm³/mol. The van der Waals surface area contributed by atoms with Crippen molar-refractivity contribution < 1.29 is 29.3 Å². The number of carbonyl (C=O) groups is 3. The first kappa shape index (κ1) is 29.5. The van der Waals surface area contributed by atoms with Crippen LogP contribution in [0.15, 0.2) is 18.5 Å². The molecule has 1 aliphatic carbocycles. The van der Waals surface area contributed by atoms with Crippen molar-refractivity contribution in [2.75, 3.05) is 40.8 Å². The molecule has 0 radical (unpaired) electrons. The van der Waals surface area contributed by atoms with Crippen LogP contribution in [0.3, 0.4) is 0 Å². The molecule has 192 valence electrons. The van der Waals surface area contributed by atoms with Crippen molar-refractivity contribution in [2.24, 2.45) is 17.6 Å².